The van der Waals surface area contributed by atoms with Gasteiger partial charge in [-0.1, -0.05) is 37.3 Å². The van der Waals surface area contributed by atoms with Crippen LogP contribution in [0.3, 0.4) is 0 Å². The molecular weight excluding hydrogens is 365 g/mol. The largest absolute Gasteiger partial charge is 0.348 e. The summed E-state index contributed by atoms with van der Waals surface area (Å²) in [4.78, 5) is 5.91. The van der Waals surface area contributed by atoms with Gasteiger partial charge in [-0.3, -0.25) is 0 Å². The normalized spacial score (nSPS) is 10.4. The maximum Gasteiger partial charge on any atom is 0.0792 e. The van der Waals surface area contributed by atoms with Gasteiger partial charge in [0.25, 0.3) is 0 Å². The third-order valence-electron chi connectivity index (χ3n) is 2.92. The molecule has 0 aliphatic rings. The number of unbranched alkanes of at least 4 members (excludes halogenated alkanes) is 3. The van der Waals surface area contributed by atoms with Crippen LogP contribution in [-0.4, -0.2) is 43.3 Å². The lowest BCUT2D eigenvalue weighted by Crippen LogP contribution is -2.27. The van der Waals surface area contributed by atoms with Crippen molar-refractivity contribution in [3.05, 3.63) is 0 Å². The topological polar surface area (TPSA) is 6.48 Å². The lowest BCUT2D eigenvalue weighted by molar-refractivity contribution is 0.554. The molecule has 0 heterocycles. The summed E-state index contributed by atoms with van der Waals surface area (Å²) >= 11 is 27.6. The van der Waals surface area contributed by atoms with Gasteiger partial charge in [0.05, 0.1) is 33.5 Å². The highest BCUT2D eigenvalue weighted by atomic mass is 32.1. The lowest BCUT2D eigenvalue weighted by atomic mass is 10.1. The number of rotatable bonds is 11. The molecule has 8 heteroatoms. The second-order valence-electron chi connectivity index (χ2n) is 4.35. The second kappa shape index (κ2) is 13.8. The Kier molecular flexibility index (Phi) is 14.6. The van der Waals surface area contributed by atoms with E-state index in [1.54, 1.807) is 0 Å². The molecule has 0 aromatic heterocycles. The number of thiocarbonyl (C=S) groups is 2. The average Bonchev–Trinajstić information content (AvgIpc) is 2.45. The van der Waals surface area contributed by atoms with Crippen LogP contribution in [0.25, 0.3) is 0 Å². The van der Waals surface area contributed by atoms with Crippen molar-refractivity contribution < 1.29 is 0 Å². The third kappa shape index (κ3) is 9.25. The first-order valence-electron chi connectivity index (χ1n) is 6.59. The highest BCUT2D eigenvalue weighted by molar-refractivity contribution is 7.82. The molecule has 0 unspecified atom stereocenters. The summed E-state index contributed by atoms with van der Waals surface area (Å²) in [7, 11) is 0. The Balaban J connectivity index is 3.63. The van der Waals surface area contributed by atoms with E-state index in [1.807, 2.05) is 9.80 Å². The molecule has 0 saturated carbocycles. The van der Waals surface area contributed by atoms with E-state index >= 15 is 0 Å². The zero-order chi connectivity index (χ0) is 15.4. The minimum atomic E-state index is 0.639. The summed E-state index contributed by atoms with van der Waals surface area (Å²) in [6.45, 7) is 0. The molecular formula is C12H24N2S6. The summed E-state index contributed by atoms with van der Waals surface area (Å²) in [6, 6.07) is 0. The van der Waals surface area contributed by atoms with Crippen molar-refractivity contribution in [3.63, 3.8) is 0 Å². The second-order valence-corrected chi connectivity index (χ2v) is 6.42. The molecule has 0 N–H and O–H groups in total. The highest BCUT2D eigenvalue weighted by Gasteiger charge is 2.06. The van der Waals surface area contributed by atoms with Crippen LogP contribution in [-0.2, 0) is 0 Å². The molecule has 0 spiro atoms. The molecule has 2 nitrogen and oxygen atoms in total. The van der Waals surface area contributed by atoms with Gasteiger partial charge in [0.1, 0.15) is 0 Å². The Labute approximate surface area is 156 Å². The maximum atomic E-state index is 5.34. The quantitative estimate of drug-likeness (QED) is 0.183. The molecule has 0 aliphatic heterocycles. The first-order chi connectivity index (χ1) is 9.60. The lowest BCUT2D eigenvalue weighted by Gasteiger charge is -2.21. The molecule has 0 saturated heterocycles. The van der Waals surface area contributed by atoms with Crippen molar-refractivity contribution >= 4 is 84.9 Å². The third-order valence-corrected chi connectivity index (χ3v) is 5.21. The van der Waals surface area contributed by atoms with Crippen LogP contribution in [0.15, 0.2) is 0 Å². The van der Waals surface area contributed by atoms with E-state index in [0.29, 0.717) is 23.5 Å². The zero-order valence-electron chi connectivity index (χ0n) is 11.6. The van der Waals surface area contributed by atoms with Crippen molar-refractivity contribution in [2.24, 2.45) is 0 Å². The first kappa shape index (κ1) is 21.2. The summed E-state index contributed by atoms with van der Waals surface area (Å²) in [5.74, 6) is 2.56. The van der Waals surface area contributed by atoms with Gasteiger partial charge >= 0.3 is 0 Å². The van der Waals surface area contributed by atoms with Crippen molar-refractivity contribution in [1.82, 2.24) is 9.80 Å². The number of hydrogen-bond donors (Lipinski definition) is 4. The van der Waals surface area contributed by atoms with Gasteiger partial charge in [-0.05, 0) is 25.7 Å². The van der Waals surface area contributed by atoms with E-state index in [9.17, 15) is 0 Å². The monoisotopic (exact) mass is 388 g/mol. The van der Waals surface area contributed by atoms with Crippen LogP contribution >= 0.6 is 75.0 Å². The van der Waals surface area contributed by atoms with E-state index in [4.69, 9.17) is 24.4 Å². The van der Waals surface area contributed by atoms with Crippen molar-refractivity contribution in [2.75, 3.05) is 23.5 Å². The molecule has 20 heavy (non-hydrogen) atoms. The summed E-state index contributed by atoms with van der Waals surface area (Å²) < 4.78 is 0. The summed E-state index contributed by atoms with van der Waals surface area (Å²) in [5.41, 5.74) is 0. The fourth-order valence-corrected chi connectivity index (χ4v) is 3.96. The molecule has 0 aromatic carbocycles. The van der Waals surface area contributed by atoms with Gasteiger partial charge in [-0.15, -0.1) is 0 Å². The average molecular weight is 389 g/mol. The molecule has 0 fully saturated rings. The fraction of sp³-hybridized carbons (Fsp3) is 0.833. The number of nitrogens with zero attached hydrogens (tertiary/aromatic N) is 2. The van der Waals surface area contributed by atoms with Crippen LogP contribution in [0, 0.1) is 0 Å². The molecule has 0 amide bonds. The van der Waals surface area contributed by atoms with Crippen LogP contribution in [0.1, 0.15) is 38.5 Å². The Bertz CT molecular complexity index is 251. The predicted octanol–water partition coefficient (Wildman–Crippen LogP) is 4.14. The van der Waals surface area contributed by atoms with E-state index in [2.05, 4.69) is 50.5 Å². The Morgan fingerprint density at radius 2 is 0.900 bits per heavy atom. The van der Waals surface area contributed by atoms with Gasteiger partial charge in [-0.25, -0.2) is 0 Å². The van der Waals surface area contributed by atoms with Crippen LogP contribution in [0.5, 0.6) is 0 Å². The predicted molar refractivity (Wildman–Crippen MR) is 112 cm³/mol. The van der Waals surface area contributed by atoms with Crippen LogP contribution in [0.2, 0.25) is 0 Å². The van der Waals surface area contributed by atoms with E-state index in [-0.39, 0.29) is 0 Å². The smallest absolute Gasteiger partial charge is 0.0792 e. The molecule has 0 rings (SSSR count). The Morgan fingerprint density at radius 3 is 1.15 bits per heavy atom. The SMILES string of the molecule is S=C(CCCCCCC(=S)N(CS)CS)N(CS)CS. The molecule has 0 atom stereocenters. The molecule has 0 aliphatic carbocycles. The Hall–Kier alpha value is 1.18. The van der Waals surface area contributed by atoms with Crippen LogP contribution < -0.4 is 0 Å². The highest BCUT2D eigenvalue weighted by Crippen LogP contribution is 2.11. The fourth-order valence-electron chi connectivity index (χ4n) is 1.63. The van der Waals surface area contributed by atoms with Gasteiger partial charge in [0.15, 0.2) is 0 Å². The summed E-state index contributed by atoms with van der Waals surface area (Å²) in [5, 5.41) is 0. The Morgan fingerprint density at radius 1 is 0.600 bits per heavy atom. The van der Waals surface area contributed by atoms with Crippen molar-refractivity contribution in [3.8, 4) is 0 Å². The van der Waals surface area contributed by atoms with Crippen molar-refractivity contribution in [2.45, 2.75) is 38.5 Å². The maximum absolute atomic E-state index is 5.34. The van der Waals surface area contributed by atoms with Crippen molar-refractivity contribution in [1.29, 1.82) is 0 Å². The van der Waals surface area contributed by atoms with Gasteiger partial charge in [-0.2, -0.15) is 50.5 Å². The van der Waals surface area contributed by atoms with Gasteiger partial charge in [0.2, 0.25) is 0 Å². The van der Waals surface area contributed by atoms with Crippen LogP contribution in [0.4, 0.5) is 0 Å². The molecule has 118 valence electrons. The van der Waals surface area contributed by atoms with Gasteiger partial charge < -0.3 is 9.80 Å². The molecule has 0 aromatic rings. The standard InChI is InChI=1S/C12H24N2S6/c15-7-13(8-16)11(19)5-3-1-2-4-6-12(20)14(9-17)10-18/h15-18H,1-10H2. The first-order valence-corrected chi connectivity index (χ1v) is 9.94. The van der Waals surface area contributed by atoms with E-state index in [0.717, 1.165) is 35.7 Å². The molecule has 0 radical (unpaired) electrons. The minimum Gasteiger partial charge on any atom is -0.348 e. The number of thiol groups is 4. The zero-order valence-corrected chi connectivity index (χ0v) is 16.8. The van der Waals surface area contributed by atoms with E-state index < -0.39 is 0 Å². The number of hydrogen-bond acceptors (Lipinski definition) is 6. The van der Waals surface area contributed by atoms with Gasteiger partial charge in [0, 0.05) is 0 Å². The summed E-state index contributed by atoms with van der Waals surface area (Å²) in [6.07, 6.45) is 6.48. The molecule has 0 bridgehead atoms. The minimum absolute atomic E-state index is 0.639. The van der Waals surface area contributed by atoms with E-state index in [1.165, 1.54) is 12.8 Å².